The highest BCUT2D eigenvalue weighted by atomic mass is 16.2. The second-order valence-electron chi connectivity index (χ2n) is 7.14. The van der Waals surface area contributed by atoms with Gasteiger partial charge in [-0.05, 0) is 45.3 Å². The number of fused-ring (bicyclic) bond motifs is 2. The van der Waals surface area contributed by atoms with Crippen LogP contribution in [0.3, 0.4) is 0 Å². The molecular weight excluding hydrogens is 374 g/mol. The molecule has 1 atom stereocenters. The van der Waals surface area contributed by atoms with Crippen LogP contribution < -0.4 is 11.1 Å². The van der Waals surface area contributed by atoms with Gasteiger partial charge in [0.25, 0.3) is 5.91 Å². The Labute approximate surface area is 173 Å². The zero-order chi connectivity index (χ0) is 21.1. The standard InChI is InChI=1S/C25H19N3O2/c26-15-17-11-9-16(10-12-17)13-22(24(27)29)28-25(30)23-20-7-3-1-5-18(20)14-19-6-2-4-8-21(19)23/h1-12,14,22H,13H2,(H2,27,29)(H,28,30)/t22-/m0/s1. The number of rotatable bonds is 5. The first-order valence-corrected chi connectivity index (χ1v) is 9.56. The molecule has 0 aliphatic rings. The summed E-state index contributed by atoms with van der Waals surface area (Å²) in [5.41, 5.74) is 7.44. The number of carbonyl (C=O) groups is 2. The fourth-order valence-corrected chi connectivity index (χ4v) is 3.66. The Kier molecular flexibility index (Phi) is 5.15. The van der Waals surface area contributed by atoms with Gasteiger partial charge in [0.05, 0.1) is 17.2 Å². The molecule has 0 fully saturated rings. The normalized spacial score (nSPS) is 11.7. The lowest BCUT2D eigenvalue weighted by molar-refractivity contribution is -0.119. The largest absolute Gasteiger partial charge is 0.368 e. The van der Waals surface area contributed by atoms with Crippen molar-refractivity contribution in [1.82, 2.24) is 5.32 Å². The Morgan fingerprint density at radius 1 is 0.900 bits per heavy atom. The summed E-state index contributed by atoms with van der Waals surface area (Å²) in [6.07, 6.45) is 0.246. The molecule has 0 heterocycles. The van der Waals surface area contributed by atoms with E-state index >= 15 is 0 Å². The van der Waals surface area contributed by atoms with E-state index in [1.165, 1.54) is 0 Å². The highest BCUT2D eigenvalue weighted by Crippen LogP contribution is 2.28. The predicted octanol–water partition coefficient (Wildman–Crippen LogP) is 3.69. The Hall–Kier alpha value is -4.17. The summed E-state index contributed by atoms with van der Waals surface area (Å²) in [4.78, 5) is 25.4. The van der Waals surface area contributed by atoms with E-state index < -0.39 is 11.9 Å². The van der Waals surface area contributed by atoms with E-state index in [2.05, 4.69) is 11.4 Å². The predicted molar refractivity (Wildman–Crippen MR) is 117 cm³/mol. The molecule has 0 aliphatic heterocycles. The van der Waals surface area contributed by atoms with E-state index in [4.69, 9.17) is 11.0 Å². The molecule has 0 aliphatic carbocycles. The van der Waals surface area contributed by atoms with Crippen molar-refractivity contribution >= 4 is 33.4 Å². The molecule has 0 saturated carbocycles. The maximum Gasteiger partial charge on any atom is 0.253 e. The van der Waals surface area contributed by atoms with Crippen molar-refractivity contribution in [1.29, 1.82) is 5.26 Å². The SMILES string of the molecule is N#Cc1ccc(C[C@H](NC(=O)c2c3ccccc3cc3ccccc23)C(N)=O)cc1. The summed E-state index contributed by atoms with van der Waals surface area (Å²) < 4.78 is 0. The van der Waals surface area contributed by atoms with Crippen molar-refractivity contribution in [3.63, 3.8) is 0 Å². The number of nitriles is 1. The lowest BCUT2D eigenvalue weighted by atomic mass is 9.95. The lowest BCUT2D eigenvalue weighted by Crippen LogP contribution is -2.46. The average molecular weight is 393 g/mol. The molecule has 0 unspecified atom stereocenters. The summed E-state index contributed by atoms with van der Waals surface area (Å²) in [7, 11) is 0. The number of nitrogens with one attached hydrogen (secondary N) is 1. The van der Waals surface area contributed by atoms with Crippen LogP contribution in [-0.4, -0.2) is 17.9 Å². The zero-order valence-corrected chi connectivity index (χ0v) is 16.1. The molecule has 4 rings (SSSR count). The van der Waals surface area contributed by atoms with Crippen LogP contribution in [0.1, 0.15) is 21.5 Å². The van der Waals surface area contributed by atoms with Crippen molar-refractivity contribution in [2.75, 3.05) is 0 Å². The van der Waals surface area contributed by atoms with Crippen LogP contribution in [0, 0.1) is 11.3 Å². The summed E-state index contributed by atoms with van der Waals surface area (Å²) in [6.45, 7) is 0. The van der Waals surface area contributed by atoms with Crippen LogP contribution in [0.5, 0.6) is 0 Å². The van der Waals surface area contributed by atoms with Gasteiger partial charge < -0.3 is 11.1 Å². The number of hydrogen-bond donors (Lipinski definition) is 2. The van der Waals surface area contributed by atoms with E-state index in [1.54, 1.807) is 24.3 Å². The Balaban J connectivity index is 1.71. The van der Waals surface area contributed by atoms with Crippen LogP contribution in [-0.2, 0) is 11.2 Å². The third-order valence-corrected chi connectivity index (χ3v) is 5.17. The first kappa shape index (κ1) is 19.2. The number of hydrogen-bond acceptors (Lipinski definition) is 3. The van der Waals surface area contributed by atoms with Gasteiger partial charge in [0.1, 0.15) is 6.04 Å². The van der Waals surface area contributed by atoms with Crippen LogP contribution in [0.2, 0.25) is 0 Å². The molecule has 146 valence electrons. The molecule has 4 aromatic carbocycles. The van der Waals surface area contributed by atoms with E-state index in [1.807, 2.05) is 54.6 Å². The molecule has 4 aromatic rings. The van der Waals surface area contributed by atoms with Crippen LogP contribution >= 0.6 is 0 Å². The monoisotopic (exact) mass is 393 g/mol. The number of nitrogens with two attached hydrogens (primary N) is 1. The minimum atomic E-state index is -0.872. The third-order valence-electron chi connectivity index (χ3n) is 5.17. The highest BCUT2D eigenvalue weighted by molar-refractivity contribution is 6.18. The van der Waals surface area contributed by atoms with Crippen LogP contribution in [0.25, 0.3) is 21.5 Å². The molecule has 30 heavy (non-hydrogen) atoms. The smallest absolute Gasteiger partial charge is 0.253 e. The topological polar surface area (TPSA) is 96.0 Å². The van der Waals surface area contributed by atoms with Crippen LogP contribution in [0.4, 0.5) is 0 Å². The first-order valence-electron chi connectivity index (χ1n) is 9.56. The molecule has 0 aromatic heterocycles. The van der Waals surface area contributed by atoms with Crippen molar-refractivity contribution in [2.45, 2.75) is 12.5 Å². The van der Waals surface area contributed by atoms with Gasteiger partial charge in [-0.15, -0.1) is 0 Å². The number of carbonyl (C=O) groups excluding carboxylic acids is 2. The quantitative estimate of drug-likeness (QED) is 0.506. The second-order valence-corrected chi connectivity index (χ2v) is 7.14. The minimum Gasteiger partial charge on any atom is -0.368 e. The number of primary amides is 1. The maximum atomic E-state index is 13.3. The van der Waals surface area contributed by atoms with Gasteiger partial charge in [0.2, 0.25) is 5.91 Å². The average Bonchev–Trinajstić information content (AvgIpc) is 2.77. The van der Waals surface area contributed by atoms with Crippen LogP contribution in [0.15, 0.2) is 78.9 Å². The molecule has 5 heteroatoms. The molecule has 0 bridgehead atoms. The van der Waals surface area contributed by atoms with E-state index in [0.29, 0.717) is 11.1 Å². The molecule has 0 saturated heterocycles. The maximum absolute atomic E-state index is 13.3. The first-order chi connectivity index (χ1) is 14.6. The summed E-state index contributed by atoms with van der Waals surface area (Å²) in [5, 5.41) is 15.3. The highest BCUT2D eigenvalue weighted by Gasteiger charge is 2.22. The van der Waals surface area contributed by atoms with Crippen molar-refractivity contribution < 1.29 is 9.59 Å². The summed E-state index contributed by atoms with van der Waals surface area (Å²) in [5.74, 6) is -0.960. The Morgan fingerprint density at radius 3 is 2.00 bits per heavy atom. The van der Waals surface area contributed by atoms with Crippen molar-refractivity contribution in [3.8, 4) is 6.07 Å². The van der Waals surface area contributed by atoms with E-state index in [9.17, 15) is 9.59 Å². The minimum absolute atomic E-state index is 0.246. The van der Waals surface area contributed by atoms with Gasteiger partial charge in [-0.25, -0.2) is 0 Å². The molecule has 0 radical (unpaired) electrons. The van der Waals surface area contributed by atoms with E-state index in [-0.39, 0.29) is 12.3 Å². The van der Waals surface area contributed by atoms with Crippen molar-refractivity contribution in [3.05, 3.63) is 95.6 Å². The molecule has 3 N–H and O–H groups in total. The van der Waals surface area contributed by atoms with Gasteiger partial charge in [0.15, 0.2) is 0 Å². The number of amides is 2. The van der Waals surface area contributed by atoms with Gasteiger partial charge in [-0.1, -0.05) is 60.7 Å². The number of nitrogens with zero attached hydrogens (tertiary/aromatic N) is 1. The fraction of sp³-hybridized carbons (Fsp3) is 0.0800. The van der Waals surface area contributed by atoms with Crippen molar-refractivity contribution in [2.24, 2.45) is 5.73 Å². The summed E-state index contributed by atoms with van der Waals surface area (Å²) >= 11 is 0. The van der Waals surface area contributed by atoms with Gasteiger partial charge in [0, 0.05) is 6.42 Å². The second kappa shape index (κ2) is 8.06. The Bertz CT molecular complexity index is 1250. The summed E-state index contributed by atoms with van der Waals surface area (Å²) in [6, 6.07) is 25.4. The molecule has 2 amide bonds. The lowest BCUT2D eigenvalue weighted by Gasteiger charge is -2.18. The molecular formula is C25H19N3O2. The fourth-order valence-electron chi connectivity index (χ4n) is 3.66. The Morgan fingerprint density at radius 2 is 1.47 bits per heavy atom. The number of benzene rings is 4. The van der Waals surface area contributed by atoms with Gasteiger partial charge in [-0.2, -0.15) is 5.26 Å². The third kappa shape index (κ3) is 3.71. The zero-order valence-electron chi connectivity index (χ0n) is 16.1. The molecule has 0 spiro atoms. The van der Waals surface area contributed by atoms with Gasteiger partial charge in [-0.3, -0.25) is 9.59 Å². The van der Waals surface area contributed by atoms with Gasteiger partial charge >= 0.3 is 0 Å². The molecule has 5 nitrogen and oxygen atoms in total. The van der Waals surface area contributed by atoms with E-state index in [0.717, 1.165) is 27.1 Å².